The summed E-state index contributed by atoms with van der Waals surface area (Å²) >= 11 is 0. The van der Waals surface area contributed by atoms with Crippen molar-refractivity contribution in [3.05, 3.63) is 81.5 Å². The molecule has 0 aromatic heterocycles. The first-order valence-corrected chi connectivity index (χ1v) is 9.09. The molecule has 7 nitrogen and oxygen atoms in total. The molecule has 2 amide bonds. The molecule has 1 N–H and O–H groups in total. The van der Waals surface area contributed by atoms with E-state index in [9.17, 15) is 19.7 Å². The van der Waals surface area contributed by atoms with Crippen LogP contribution in [0.2, 0.25) is 0 Å². The molecule has 28 heavy (non-hydrogen) atoms. The number of likely N-dealkylation sites (tertiary alicyclic amines) is 1. The molecule has 1 heterocycles. The third-order valence-corrected chi connectivity index (χ3v) is 4.75. The molecule has 2 aromatic rings. The average molecular weight is 379 g/mol. The molecule has 3 rings (SSSR count). The molecular weight excluding hydrogens is 358 g/mol. The van der Waals surface area contributed by atoms with Gasteiger partial charge in [0.05, 0.1) is 4.92 Å². The van der Waals surface area contributed by atoms with Gasteiger partial charge in [0.2, 0.25) is 0 Å². The van der Waals surface area contributed by atoms with Gasteiger partial charge < -0.3 is 10.2 Å². The van der Waals surface area contributed by atoms with E-state index in [0.29, 0.717) is 29.8 Å². The number of nitrogens with zero attached hydrogens (tertiary/aromatic N) is 2. The van der Waals surface area contributed by atoms with Crippen molar-refractivity contribution in [2.45, 2.75) is 19.8 Å². The molecule has 0 saturated carbocycles. The Hall–Kier alpha value is -3.48. The second kappa shape index (κ2) is 8.47. The normalized spacial score (nSPS) is 14.4. The fourth-order valence-corrected chi connectivity index (χ4v) is 3.16. The molecule has 0 aliphatic carbocycles. The number of hydrogen-bond acceptors (Lipinski definition) is 4. The van der Waals surface area contributed by atoms with Gasteiger partial charge in [0, 0.05) is 30.8 Å². The topological polar surface area (TPSA) is 92.6 Å². The third-order valence-electron chi connectivity index (χ3n) is 4.75. The fourth-order valence-electron chi connectivity index (χ4n) is 3.16. The maximum atomic E-state index is 13.1. The highest BCUT2D eigenvalue weighted by Crippen LogP contribution is 2.24. The average Bonchev–Trinajstić information content (AvgIpc) is 3.26. The number of non-ortho nitro benzene ring substituents is 1. The lowest BCUT2D eigenvalue weighted by Gasteiger charge is -2.20. The number of hydrogen-bond donors (Lipinski definition) is 1. The summed E-state index contributed by atoms with van der Waals surface area (Å²) in [5, 5.41) is 13.8. The maximum absolute atomic E-state index is 13.1. The number of carbonyl (C=O) groups is 2. The van der Waals surface area contributed by atoms with Gasteiger partial charge in [0.15, 0.2) is 0 Å². The van der Waals surface area contributed by atoms with Gasteiger partial charge in [-0.1, -0.05) is 30.3 Å². The van der Waals surface area contributed by atoms with Crippen molar-refractivity contribution in [1.82, 2.24) is 10.2 Å². The fraction of sp³-hybridized carbons (Fsp3) is 0.238. The highest BCUT2D eigenvalue weighted by Gasteiger charge is 2.25. The monoisotopic (exact) mass is 379 g/mol. The molecule has 0 atom stereocenters. The van der Waals surface area contributed by atoms with Gasteiger partial charge in [-0.3, -0.25) is 19.7 Å². The van der Waals surface area contributed by atoms with Gasteiger partial charge in [-0.05, 0) is 43.0 Å². The Morgan fingerprint density at radius 2 is 1.64 bits per heavy atom. The highest BCUT2D eigenvalue weighted by atomic mass is 16.6. The number of rotatable bonds is 5. The first-order valence-electron chi connectivity index (χ1n) is 9.09. The standard InChI is InChI=1S/C21H21N3O4/c1-15(17-10-7-11-18(14-17)24(27)28)19(21(26)23-12-5-6-13-23)22-20(25)16-8-3-2-4-9-16/h2-4,7-11,14H,5-6,12-13H2,1H3,(H,22,25)/b19-15-. The lowest BCUT2D eigenvalue weighted by atomic mass is 10.0. The number of nitro groups is 1. The zero-order valence-corrected chi connectivity index (χ0v) is 15.6. The molecule has 2 aromatic carbocycles. The minimum absolute atomic E-state index is 0.0702. The van der Waals surface area contributed by atoms with Crippen LogP contribution in [-0.2, 0) is 4.79 Å². The number of carbonyl (C=O) groups excluding carboxylic acids is 2. The predicted octanol–water partition coefficient (Wildman–Crippen LogP) is 3.38. The summed E-state index contributed by atoms with van der Waals surface area (Å²) in [6.07, 6.45) is 1.84. The predicted molar refractivity (Wildman–Crippen MR) is 105 cm³/mol. The third kappa shape index (κ3) is 4.25. The van der Waals surface area contributed by atoms with Crippen molar-refractivity contribution in [3.63, 3.8) is 0 Å². The van der Waals surface area contributed by atoms with Crippen LogP contribution in [0, 0.1) is 10.1 Å². The highest BCUT2D eigenvalue weighted by molar-refractivity contribution is 6.07. The molecule has 144 valence electrons. The molecule has 0 spiro atoms. The SMILES string of the molecule is C/C(=C(/NC(=O)c1ccccc1)C(=O)N1CCCC1)c1cccc([N+](=O)[O-])c1. The van der Waals surface area contributed by atoms with Crippen LogP contribution in [0.4, 0.5) is 5.69 Å². The number of nitrogens with one attached hydrogen (secondary N) is 1. The van der Waals surface area contributed by atoms with E-state index in [1.54, 1.807) is 54.3 Å². The number of amides is 2. The summed E-state index contributed by atoms with van der Waals surface area (Å²) in [5.74, 6) is -0.668. The lowest BCUT2D eigenvalue weighted by Crippen LogP contribution is -2.37. The lowest BCUT2D eigenvalue weighted by molar-refractivity contribution is -0.384. The van der Waals surface area contributed by atoms with Crippen LogP contribution in [0.25, 0.3) is 5.57 Å². The van der Waals surface area contributed by atoms with Crippen LogP contribution in [0.1, 0.15) is 35.7 Å². The summed E-state index contributed by atoms with van der Waals surface area (Å²) in [4.78, 5) is 38.0. The van der Waals surface area contributed by atoms with E-state index in [-0.39, 0.29) is 17.3 Å². The molecular formula is C21H21N3O4. The van der Waals surface area contributed by atoms with Crippen LogP contribution in [-0.4, -0.2) is 34.7 Å². The minimum Gasteiger partial charge on any atom is -0.337 e. The zero-order valence-electron chi connectivity index (χ0n) is 15.6. The maximum Gasteiger partial charge on any atom is 0.270 e. The Balaban J connectivity index is 2.00. The van der Waals surface area contributed by atoms with E-state index < -0.39 is 10.8 Å². The van der Waals surface area contributed by atoms with E-state index in [2.05, 4.69) is 5.32 Å². The minimum atomic E-state index is -0.485. The van der Waals surface area contributed by atoms with Crippen LogP contribution in [0.3, 0.4) is 0 Å². The van der Waals surface area contributed by atoms with Crippen LogP contribution < -0.4 is 5.32 Å². The van der Waals surface area contributed by atoms with E-state index in [1.807, 2.05) is 0 Å². The number of benzene rings is 2. The van der Waals surface area contributed by atoms with E-state index in [1.165, 1.54) is 12.1 Å². The molecule has 0 bridgehead atoms. The Labute approximate surface area is 162 Å². The van der Waals surface area contributed by atoms with E-state index in [4.69, 9.17) is 0 Å². The molecule has 1 aliphatic rings. The van der Waals surface area contributed by atoms with Crippen molar-refractivity contribution in [2.75, 3.05) is 13.1 Å². The number of allylic oxidation sites excluding steroid dienone is 1. The van der Waals surface area contributed by atoms with Gasteiger partial charge in [0.25, 0.3) is 17.5 Å². The molecule has 0 radical (unpaired) electrons. The largest absolute Gasteiger partial charge is 0.337 e. The summed E-state index contributed by atoms with van der Waals surface area (Å²) in [6, 6.07) is 14.7. The zero-order chi connectivity index (χ0) is 20.1. The van der Waals surface area contributed by atoms with Gasteiger partial charge >= 0.3 is 0 Å². The Morgan fingerprint density at radius 1 is 1.00 bits per heavy atom. The van der Waals surface area contributed by atoms with Gasteiger partial charge in [-0.15, -0.1) is 0 Å². The van der Waals surface area contributed by atoms with Crippen molar-refractivity contribution in [1.29, 1.82) is 0 Å². The van der Waals surface area contributed by atoms with Crippen molar-refractivity contribution in [2.24, 2.45) is 0 Å². The van der Waals surface area contributed by atoms with E-state index in [0.717, 1.165) is 12.8 Å². The van der Waals surface area contributed by atoms with Crippen LogP contribution in [0.15, 0.2) is 60.3 Å². The van der Waals surface area contributed by atoms with Crippen molar-refractivity contribution < 1.29 is 14.5 Å². The Morgan fingerprint density at radius 3 is 2.29 bits per heavy atom. The Bertz CT molecular complexity index is 932. The van der Waals surface area contributed by atoms with Crippen LogP contribution >= 0.6 is 0 Å². The number of nitro benzene ring substituents is 1. The second-order valence-corrected chi connectivity index (χ2v) is 6.63. The summed E-state index contributed by atoms with van der Waals surface area (Å²) in [5.41, 5.74) is 1.52. The molecule has 7 heteroatoms. The summed E-state index contributed by atoms with van der Waals surface area (Å²) in [6.45, 7) is 2.95. The molecule has 1 aliphatic heterocycles. The molecule has 0 unspecified atom stereocenters. The van der Waals surface area contributed by atoms with Gasteiger partial charge in [-0.2, -0.15) is 0 Å². The first-order chi connectivity index (χ1) is 13.5. The molecule has 1 fully saturated rings. The molecule has 1 saturated heterocycles. The van der Waals surface area contributed by atoms with E-state index >= 15 is 0 Å². The van der Waals surface area contributed by atoms with Gasteiger partial charge in [-0.25, -0.2) is 0 Å². The van der Waals surface area contributed by atoms with Crippen LogP contribution in [0.5, 0.6) is 0 Å². The first kappa shape index (κ1) is 19.3. The van der Waals surface area contributed by atoms with Gasteiger partial charge in [0.1, 0.15) is 5.70 Å². The van der Waals surface area contributed by atoms with Crippen molar-refractivity contribution >= 4 is 23.1 Å². The summed E-state index contributed by atoms with van der Waals surface area (Å²) < 4.78 is 0. The summed E-state index contributed by atoms with van der Waals surface area (Å²) in [7, 11) is 0. The Kier molecular flexibility index (Phi) is 5.84. The second-order valence-electron chi connectivity index (χ2n) is 6.63. The quantitative estimate of drug-likeness (QED) is 0.490. The van der Waals surface area contributed by atoms with Crippen molar-refractivity contribution in [3.8, 4) is 0 Å². The smallest absolute Gasteiger partial charge is 0.270 e.